The van der Waals surface area contributed by atoms with Gasteiger partial charge in [0.15, 0.2) is 10.8 Å². The zero-order valence-corrected chi connectivity index (χ0v) is 16.2. The monoisotopic (exact) mass is 401 g/mol. The molecule has 0 amide bonds. The lowest BCUT2D eigenvalue weighted by atomic mass is 10.0. The van der Waals surface area contributed by atoms with Crippen molar-refractivity contribution in [1.82, 2.24) is 29.5 Å². The van der Waals surface area contributed by atoms with E-state index in [1.165, 1.54) is 0 Å². The minimum Gasteiger partial charge on any atom is -0.475 e. The van der Waals surface area contributed by atoms with Crippen LogP contribution in [0.4, 0.5) is 11.6 Å². The highest BCUT2D eigenvalue weighted by molar-refractivity contribution is 6.34. The van der Waals surface area contributed by atoms with Crippen molar-refractivity contribution in [3.05, 3.63) is 29.2 Å². The molecule has 9 nitrogen and oxygen atoms in total. The molecule has 3 aromatic heterocycles. The van der Waals surface area contributed by atoms with Crippen LogP contribution in [0.15, 0.2) is 18.3 Å². The van der Waals surface area contributed by atoms with Gasteiger partial charge in [0.25, 0.3) is 5.88 Å². The Kier molecular flexibility index (Phi) is 4.21. The van der Waals surface area contributed by atoms with E-state index < -0.39 is 0 Å². The Morgan fingerprint density at radius 2 is 2.21 bits per heavy atom. The molecule has 3 aromatic rings. The number of hydrogen-bond donors (Lipinski definition) is 1. The largest absolute Gasteiger partial charge is 0.475 e. The number of hydrogen-bond acceptors (Lipinski definition) is 7. The van der Waals surface area contributed by atoms with E-state index in [0.29, 0.717) is 49.0 Å². The van der Waals surface area contributed by atoms with Gasteiger partial charge < -0.3 is 14.8 Å². The number of ether oxygens (including phenoxy) is 2. The number of fused-ring (bicyclic) bond motifs is 2. The summed E-state index contributed by atoms with van der Waals surface area (Å²) in [5, 5.41) is 13.5. The molecule has 2 bridgehead atoms. The molecule has 2 aliphatic heterocycles. The standard InChI is InChI=1S/C18H20ClN7O2/c1-10-9-27-7-4-13(10)26-11(2)14-17(24-26)28-6-3-5-25-16-12(15(19)23-25)8-20-18(21-14)22-16/h8,13H,1,3-7,9H2,2H3,(H,20,21,22). The smallest absolute Gasteiger partial charge is 0.257 e. The summed E-state index contributed by atoms with van der Waals surface area (Å²) in [6, 6.07) is 0.0863. The fourth-order valence-electron chi connectivity index (χ4n) is 3.67. The molecule has 5 rings (SSSR count). The van der Waals surface area contributed by atoms with E-state index in [-0.39, 0.29) is 6.04 Å². The van der Waals surface area contributed by atoms with Crippen LogP contribution in [0, 0.1) is 6.92 Å². The van der Waals surface area contributed by atoms with Crippen molar-refractivity contribution < 1.29 is 9.47 Å². The Hall–Kier alpha value is -2.65. The van der Waals surface area contributed by atoms with E-state index in [1.807, 2.05) is 11.6 Å². The molecule has 1 unspecified atom stereocenters. The topological polar surface area (TPSA) is 91.9 Å². The first kappa shape index (κ1) is 17.4. The van der Waals surface area contributed by atoms with Crippen molar-refractivity contribution in [2.45, 2.75) is 32.4 Å². The first-order valence-corrected chi connectivity index (χ1v) is 9.63. The predicted molar refractivity (Wildman–Crippen MR) is 104 cm³/mol. The lowest BCUT2D eigenvalue weighted by Gasteiger charge is -2.26. The second-order valence-electron chi connectivity index (χ2n) is 7.00. The number of anilines is 2. The lowest BCUT2D eigenvalue weighted by Crippen LogP contribution is -2.23. The zero-order valence-electron chi connectivity index (χ0n) is 15.5. The molecular formula is C18H20ClN7O2. The van der Waals surface area contributed by atoms with Crippen LogP contribution in [0.5, 0.6) is 5.88 Å². The summed E-state index contributed by atoms with van der Waals surface area (Å²) >= 11 is 6.21. The maximum Gasteiger partial charge on any atom is 0.257 e. The zero-order chi connectivity index (χ0) is 19.3. The summed E-state index contributed by atoms with van der Waals surface area (Å²) < 4.78 is 15.3. The van der Waals surface area contributed by atoms with Crippen LogP contribution in [0.2, 0.25) is 5.15 Å². The summed E-state index contributed by atoms with van der Waals surface area (Å²) in [7, 11) is 0. The summed E-state index contributed by atoms with van der Waals surface area (Å²) in [5.74, 6) is 0.989. The van der Waals surface area contributed by atoms with Gasteiger partial charge in [-0.1, -0.05) is 18.2 Å². The van der Waals surface area contributed by atoms with Crippen LogP contribution in [0.1, 0.15) is 24.6 Å². The summed E-state index contributed by atoms with van der Waals surface area (Å²) in [4.78, 5) is 9.01. The van der Waals surface area contributed by atoms with E-state index in [4.69, 9.17) is 26.2 Å². The maximum atomic E-state index is 6.21. The van der Waals surface area contributed by atoms with Gasteiger partial charge in [-0.25, -0.2) is 9.67 Å². The number of halogens is 1. The van der Waals surface area contributed by atoms with E-state index in [2.05, 4.69) is 27.0 Å². The van der Waals surface area contributed by atoms with E-state index >= 15 is 0 Å². The van der Waals surface area contributed by atoms with Gasteiger partial charge in [0.1, 0.15) is 5.69 Å². The third-order valence-electron chi connectivity index (χ3n) is 5.14. The average Bonchev–Trinajstić information content (AvgIpc) is 3.16. The highest BCUT2D eigenvalue weighted by Crippen LogP contribution is 2.36. The lowest BCUT2D eigenvalue weighted by molar-refractivity contribution is 0.106. The molecule has 5 heterocycles. The predicted octanol–water partition coefficient (Wildman–Crippen LogP) is 3.03. The van der Waals surface area contributed by atoms with Crippen molar-refractivity contribution in [1.29, 1.82) is 0 Å². The van der Waals surface area contributed by atoms with Gasteiger partial charge in [0, 0.05) is 25.8 Å². The molecule has 28 heavy (non-hydrogen) atoms. The fraction of sp³-hybridized carbons (Fsp3) is 0.444. The summed E-state index contributed by atoms with van der Waals surface area (Å²) in [6.45, 7) is 8.54. The van der Waals surface area contributed by atoms with Crippen molar-refractivity contribution >= 4 is 34.3 Å². The van der Waals surface area contributed by atoms with E-state index in [1.54, 1.807) is 10.9 Å². The van der Waals surface area contributed by atoms with Crippen molar-refractivity contribution in [3.8, 4) is 5.88 Å². The van der Waals surface area contributed by atoms with E-state index in [0.717, 1.165) is 35.2 Å². The molecule has 2 aliphatic rings. The van der Waals surface area contributed by atoms with E-state index in [9.17, 15) is 0 Å². The third-order valence-corrected chi connectivity index (χ3v) is 5.42. The van der Waals surface area contributed by atoms with Crippen LogP contribution in [0.25, 0.3) is 11.0 Å². The number of aryl methyl sites for hydroxylation is 1. The Bertz CT molecular complexity index is 1070. The molecule has 1 saturated heterocycles. The summed E-state index contributed by atoms with van der Waals surface area (Å²) in [5.41, 5.74) is 3.41. The minimum atomic E-state index is 0.0863. The minimum absolute atomic E-state index is 0.0863. The Balaban J connectivity index is 1.59. The molecule has 0 saturated carbocycles. The Morgan fingerprint density at radius 3 is 3.07 bits per heavy atom. The third kappa shape index (κ3) is 2.82. The second-order valence-corrected chi connectivity index (χ2v) is 7.36. The van der Waals surface area contributed by atoms with Gasteiger partial charge >= 0.3 is 0 Å². The first-order valence-electron chi connectivity index (χ1n) is 9.25. The Morgan fingerprint density at radius 1 is 1.32 bits per heavy atom. The van der Waals surface area contributed by atoms with Crippen molar-refractivity contribution in [3.63, 3.8) is 0 Å². The average molecular weight is 402 g/mol. The van der Waals surface area contributed by atoms with Crippen molar-refractivity contribution in [2.24, 2.45) is 0 Å². The van der Waals surface area contributed by atoms with Crippen LogP contribution in [-0.4, -0.2) is 49.3 Å². The van der Waals surface area contributed by atoms with Gasteiger partial charge in [-0.05, 0) is 18.9 Å². The van der Waals surface area contributed by atoms with Gasteiger partial charge in [-0.3, -0.25) is 4.68 Å². The number of rotatable bonds is 1. The number of nitrogens with zero attached hydrogens (tertiary/aromatic N) is 6. The van der Waals surface area contributed by atoms with Crippen LogP contribution in [0.3, 0.4) is 0 Å². The Labute approximate surface area is 166 Å². The van der Waals surface area contributed by atoms with Crippen LogP contribution < -0.4 is 10.1 Å². The molecule has 0 spiro atoms. The van der Waals surface area contributed by atoms with Crippen LogP contribution in [-0.2, 0) is 11.3 Å². The van der Waals surface area contributed by atoms with Gasteiger partial charge in [0.05, 0.1) is 30.3 Å². The number of nitrogens with one attached hydrogen (secondary N) is 1. The van der Waals surface area contributed by atoms with Gasteiger partial charge in [0.2, 0.25) is 5.95 Å². The highest BCUT2D eigenvalue weighted by atomic mass is 35.5. The first-order chi connectivity index (χ1) is 13.6. The molecule has 10 heteroatoms. The molecule has 1 N–H and O–H groups in total. The van der Waals surface area contributed by atoms with Gasteiger partial charge in [-0.15, -0.1) is 5.10 Å². The molecule has 0 aliphatic carbocycles. The molecule has 1 atom stereocenters. The normalized spacial score (nSPS) is 19.8. The number of aromatic nitrogens is 6. The molecule has 0 radical (unpaired) electrons. The second kappa shape index (κ2) is 6.75. The molecular weight excluding hydrogens is 382 g/mol. The van der Waals surface area contributed by atoms with Crippen LogP contribution >= 0.6 is 11.6 Å². The highest BCUT2D eigenvalue weighted by Gasteiger charge is 2.27. The fourth-order valence-corrected chi connectivity index (χ4v) is 3.89. The summed E-state index contributed by atoms with van der Waals surface area (Å²) in [6.07, 6.45) is 3.27. The quantitative estimate of drug-likeness (QED) is 0.626. The SMILES string of the molecule is C=C1COCCC1n1nc2c(c1C)Nc1ncc3c(Cl)nn(c3n1)CCCO2. The molecule has 1 fully saturated rings. The van der Waals surface area contributed by atoms with Crippen molar-refractivity contribution in [2.75, 3.05) is 25.1 Å². The maximum absolute atomic E-state index is 6.21. The molecule has 146 valence electrons. The van der Waals surface area contributed by atoms with Gasteiger partial charge in [-0.2, -0.15) is 10.1 Å². The molecule has 0 aromatic carbocycles.